The van der Waals surface area contributed by atoms with Crippen molar-refractivity contribution in [3.63, 3.8) is 0 Å². The number of hydrogen-bond acceptors (Lipinski definition) is 2. The Labute approximate surface area is 66.1 Å². The zero-order chi connectivity index (χ0) is 7.33. The lowest BCUT2D eigenvalue weighted by atomic mass is 10.0. The highest BCUT2D eigenvalue weighted by Crippen LogP contribution is 2.14. The lowest BCUT2D eigenvalue weighted by Crippen LogP contribution is -2.22. The van der Waals surface area contributed by atoms with E-state index < -0.39 is 0 Å². The van der Waals surface area contributed by atoms with Crippen molar-refractivity contribution in [2.45, 2.75) is 32.3 Å². The summed E-state index contributed by atoms with van der Waals surface area (Å²) >= 11 is 4.13. The van der Waals surface area contributed by atoms with E-state index in [1.165, 1.54) is 0 Å². The molecule has 0 fully saturated rings. The van der Waals surface area contributed by atoms with E-state index in [1.807, 2.05) is 0 Å². The van der Waals surface area contributed by atoms with Crippen molar-refractivity contribution >= 4 is 23.1 Å². The van der Waals surface area contributed by atoms with Gasteiger partial charge in [-0.15, -0.1) is 0 Å². The standard InChI is InChI=1S/C6H16OSSi/c1-6(2,7-9)4-3-5-8/h8H,3-5H2,1-2,9H3. The molecule has 56 valence electrons. The lowest BCUT2D eigenvalue weighted by Gasteiger charge is -2.22. The largest absolute Gasteiger partial charge is 0.423 e. The summed E-state index contributed by atoms with van der Waals surface area (Å²) in [5.41, 5.74) is 0.106. The molecule has 0 aromatic rings. The van der Waals surface area contributed by atoms with Gasteiger partial charge in [-0.3, -0.25) is 0 Å². The Bertz CT molecular complexity index is 75.5. The van der Waals surface area contributed by atoms with Crippen molar-refractivity contribution in [1.82, 2.24) is 0 Å². The third kappa shape index (κ3) is 5.00. The third-order valence-corrected chi connectivity index (χ3v) is 2.91. The third-order valence-electron chi connectivity index (χ3n) is 1.49. The summed E-state index contributed by atoms with van der Waals surface area (Å²) in [5, 5.41) is 0. The molecule has 0 bridgehead atoms. The summed E-state index contributed by atoms with van der Waals surface area (Å²) in [5.74, 6) is 0.967. The van der Waals surface area contributed by atoms with Gasteiger partial charge in [0.1, 0.15) is 10.5 Å². The van der Waals surface area contributed by atoms with E-state index in [2.05, 4.69) is 26.5 Å². The van der Waals surface area contributed by atoms with Crippen LogP contribution in [0.15, 0.2) is 0 Å². The molecule has 0 radical (unpaired) electrons. The van der Waals surface area contributed by atoms with Gasteiger partial charge in [0.15, 0.2) is 0 Å². The van der Waals surface area contributed by atoms with Crippen LogP contribution >= 0.6 is 12.6 Å². The maximum Gasteiger partial charge on any atom is 0.146 e. The SMILES string of the molecule is CC(C)(CCCS)O[SiH3]. The molecule has 0 spiro atoms. The molecule has 0 aromatic carbocycles. The van der Waals surface area contributed by atoms with E-state index in [1.54, 1.807) is 0 Å². The van der Waals surface area contributed by atoms with Gasteiger partial charge in [-0.2, -0.15) is 12.6 Å². The zero-order valence-corrected chi connectivity index (χ0v) is 9.37. The number of hydrogen-bond donors (Lipinski definition) is 1. The van der Waals surface area contributed by atoms with Crippen LogP contribution in [0.5, 0.6) is 0 Å². The van der Waals surface area contributed by atoms with Crippen LogP contribution < -0.4 is 0 Å². The predicted molar refractivity (Wildman–Crippen MR) is 48.2 cm³/mol. The van der Waals surface area contributed by atoms with Crippen LogP contribution in [0.1, 0.15) is 26.7 Å². The average Bonchev–Trinajstić information content (AvgIpc) is 1.84. The van der Waals surface area contributed by atoms with E-state index in [0.717, 1.165) is 29.1 Å². The van der Waals surface area contributed by atoms with Crippen molar-refractivity contribution in [3.05, 3.63) is 0 Å². The van der Waals surface area contributed by atoms with E-state index in [0.29, 0.717) is 0 Å². The highest BCUT2D eigenvalue weighted by molar-refractivity contribution is 7.80. The Balaban J connectivity index is 3.33. The molecule has 0 saturated carbocycles. The summed E-state index contributed by atoms with van der Waals surface area (Å²) in [7, 11) is 0.839. The molecule has 0 aromatic heterocycles. The maximum atomic E-state index is 5.34. The summed E-state index contributed by atoms with van der Waals surface area (Å²) in [6, 6.07) is 0. The second-order valence-corrected chi connectivity index (χ2v) is 3.65. The molecule has 0 rings (SSSR count). The first-order valence-corrected chi connectivity index (χ1v) is 4.73. The Morgan fingerprint density at radius 3 is 2.44 bits per heavy atom. The van der Waals surface area contributed by atoms with Gasteiger partial charge in [0, 0.05) is 5.60 Å². The monoisotopic (exact) mass is 164 g/mol. The fraction of sp³-hybridized carbons (Fsp3) is 1.00. The first kappa shape index (κ1) is 9.53. The topological polar surface area (TPSA) is 9.23 Å². The van der Waals surface area contributed by atoms with Crippen LogP contribution in [-0.2, 0) is 4.43 Å². The molecular weight excluding hydrogens is 148 g/mol. The summed E-state index contributed by atoms with van der Waals surface area (Å²) < 4.78 is 5.34. The second-order valence-electron chi connectivity index (χ2n) is 2.79. The van der Waals surface area contributed by atoms with Crippen LogP contribution in [0.3, 0.4) is 0 Å². The molecule has 0 atom stereocenters. The van der Waals surface area contributed by atoms with Gasteiger partial charge in [-0.1, -0.05) is 0 Å². The van der Waals surface area contributed by atoms with Crippen molar-refractivity contribution in [1.29, 1.82) is 0 Å². The Hall–Kier alpha value is 0.527. The first-order chi connectivity index (χ1) is 4.12. The second kappa shape index (κ2) is 4.36. The molecular formula is C6H16OSSi. The average molecular weight is 164 g/mol. The predicted octanol–water partition coefficient (Wildman–Crippen LogP) is 0.772. The molecule has 3 heteroatoms. The highest BCUT2D eigenvalue weighted by atomic mass is 32.1. The van der Waals surface area contributed by atoms with Crippen molar-refractivity contribution in [2.24, 2.45) is 0 Å². The van der Waals surface area contributed by atoms with Crippen LogP contribution in [0, 0.1) is 0 Å². The maximum absolute atomic E-state index is 5.34. The van der Waals surface area contributed by atoms with E-state index in [-0.39, 0.29) is 5.60 Å². The molecule has 1 nitrogen and oxygen atoms in total. The van der Waals surface area contributed by atoms with Gasteiger partial charge >= 0.3 is 0 Å². The van der Waals surface area contributed by atoms with Gasteiger partial charge in [0.05, 0.1) is 0 Å². The molecule has 0 unspecified atom stereocenters. The van der Waals surface area contributed by atoms with Crippen LogP contribution in [0.25, 0.3) is 0 Å². The van der Waals surface area contributed by atoms with Gasteiger partial charge in [0.25, 0.3) is 0 Å². The first-order valence-electron chi connectivity index (χ1n) is 3.28. The van der Waals surface area contributed by atoms with Crippen molar-refractivity contribution in [2.75, 3.05) is 5.75 Å². The minimum absolute atomic E-state index is 0.106. The quantitative estimate of drug-likeness (QED) is 0.477. The fourth-order valence-corrected chi connectivity index (χ4v) is 0.969. The van der Waals surface area contributed by atoms with Crippen molar-refractivity contribution in [3.8, 4) is 0 Å². The number of thiol groups is 1. The zero-order valence-electron chi connectivity index (χ0n) is 6.48. The lowest BCUT2D eigenvalue weighted by molar-refractivity contribution is 0.112. The molecule has 0 amide bonds. The molecule has 9 heavy (non-hydrogen) atoms. The highest BCUT2D eigenvalue weighted by Gasteiger charge is 2.13. The van der Waals surface area contributed by atoms with Gasteiger partial charge < -0.3 is 4.43 Å². The van der Waals surface area contributed by atoms with Crippen LogP contribution in [-0.4, -0.2) is 21.8 Å². The molecule has 0 aliphatic carbocycles. The smallest absolute Gasteiger partial charge is 0.146 e. The normalized spacial score (nSPS) is 12.3. The van der Waals surface area contributed by atoms with E-state index >= 15 is 0 Å². The molecule has 0 heterocycles. The molecule has 0 saturated heterocycles. The summed E-state index contributed by atoms with van der Waals surface area (Å²) in [6.45, 7) is 4.26. The van der Waals surface area contributed by atoms with Crippen LogP contribution in [0.4, 0.5) is 0 Å². The fourth-order valence-electron chi connectivity index (χ4n) is 0.607. The Morgan fingerprint density at radius 1 is 1.56 bits per heavy atom. The summed E-state index contributed by atoms with van der Waals surface area (Å²) in [6.07, 6.45) is 2.28. The van der Waals surface area contributed by atoms with Crippen LogP contribution in [0.2, 0.25) is 0 Å². The van der Waals surface area contributed by atoms with E-state index in [9.17, 15) is 0 Å². The Morgan fingerprint density at radius 2 is 2.11 bits per heavy atom. The summed E-state index contributed by atoms with van der Waals surface area (Å²) in [4.78, 5) is 0. The minimum Gasteiger partial charge on any atom is -0.423 e. The number of rotatable bonds is 4. The van der Waals surface area contributed by atoms with Gasteiger partial charge in [-0.05, 0) is 32.4 Å². The van der Waals surface area contributed by atoms with Gasteiger partial charge in [0.2, 0.25) is 0 Å². The van der Waals surface area contributed by atoms with Crippen molar-refractivity contribution < 1.29 is 4.43 Å². The van der Waals surface area contributed by atoms with E-state index in [4.69, 9.17) is 4.43 Å². The van der Waals surface area contributed by atoms with Gasteiger partial charge in [-0.25, -0.2) is 0 Å². The molecule has 0 N–H and O–H groups in total. The Kier molecular flexibility index (Phi) is 4.61. The molecule has 0 aliphatic heterocycles. The molecule has 0 aliphatic rings. The minimum atomic E-state index is 0.106.